The van der Waals surface area contributed by atoms with Crippen LogP contribution in [0, 0.1) is 0 Å². The lowest BCUT2D eigenvalue weighted by molar-refractivity contribution is -0.147. The molecule has 0 aliphatic heterocycles. The highest BCUT2D eigenvalue weighted by Crippen LogP contribution is 2.23. The van der Waals surface area contributed by atoms with E-state index in [1.807, 2.05) is 0 Å². The number of halogens is 1. The van der Waals surface area contributed by atoms with Crippen LogP contribution < -0.4 is 10.6 Å². The molecule has 0 fully saturated rings. The van der Waals surface area contributed by atoms with Gasteiger partial charge in [-0.1, -0.05) is 11.6 Å². The van der Waals surface area contributed by atoms with Gasteiger partial charge in [-0.2, -0.15) is 16.4 Å². The van der Waals surface area contributed by atoms with Crippen molar-refractivity contribution in [1.29, 1.82) is 0 Å². The first kappa shape index (κ1) is 20.5. The van der Waals surface area contributed by atoms with Crippen LogP contribution in [0.5, 0.6) is 0 Å². The third-order valence-electron chi connectivity index (χ3n) is 3.66. The lowest BCUT2D eigenvalue weighted by Crippen LogP contribution is -2.27. The first-order chi connectivity index (χ1) is 14.0. The molecule has 2 N–H and O–H groups in total. The molecule has 11 heteroatoms. The number of nitrogens with one attached hydrogen (secondary N) is 2. The van der Waals surface area contributed by atoms with Gasteiger partial charge in [-0.15, -0.1) is 0 Å². The van der Waals surface area contributed by atoms with Crippen molar-refractivity contribution in [2.45, 2.75) is 6.42 Å². The normalized spacial score (nSPS) is 10.4. The van der Waals surface area contributed by atoms with Crippen LogP contribution in [-0.4, -0.2) is 45.7 Å². The van der Waals surface area contributed by atoms with E-state index in [9.17, 15) is 14.4 Å². The van der Waals surface area contributed by atoms with E-state index < -0.39 is 18.5 Å². The standard InChI is InChI=1S/C18H16ClN5O4S/c19-13-1-2-15(24-11-20-10-22-24)14(7-13)23-16(25)8-28-17(26)3-5-21-18(27)12-4-6-29-9-12/h1-2,4,6-7,9-11H,3,5,8H2,(H,21,27)(H,23,25). The van der Waals surface area contributed by atoms with Gasteiger partial charge in [-0.25, -0.2) is 9.67 Å². The van der Waals surface area contributed by atoms with E-state index in [-0.39, 0.29) is 18.9 Å². The summed E-state index contributed by atoms with van der Waals surface area (Å²) in [6, 6.07) is 6.57. The van der Waals surface area contributed by atoms with Crippen molar-refractivity contribution < 1.29 is 19.1 Å². The van der Waals surface area contributed by atoms with Gasteiger partial charge in [0.25, 0.3) is 11.8 Å². The van der Waals surface area contributed by atoms with Crippen molar-refractivity contribution in [1.82, 2.24) is 20.1 Å². The van der Waals surface area contributed by atoms with Crippen LogP contribution in [0.3, 0.4) is 0 Å². The van der Waals surface area contributed by atoms with Crippen molar-refractivity contribution in [3.05, 3.63) is 58.3 Å². The number of carbonyl (C=O) groups is 3. The Morgan fingerprint density at radius 1 is 1.24 bits per heavy atom. The second kappa shape index (κ2) is 9.80. The first-order valence-electron chi connectivity index (χ1n) is 8.43. The predicted octanol–water partition coefficient (Wildman–Crippen LogP) is 2.28. The minimum Gasteiger partial charge on any atom is -0.456 e. The summed E-state index contributed by atoms with van der Waals surface area (Å²) < 4.78 is 6.41. The molecule has 1 aromatic carbocycles. The number of anilines is 1. The number of ether oxygens (including phenoxy) is 1. The van der Waals surface area contributed by atoms with Gasteiger partial charge in [-0.05, 0) is 29.6 Å². The van der Waals surface area contributed by atoms with Gasteiger partial charge in [0.05, 0.1) is 17.8 Å². The molecule has 2 amide bonds. The number of benzene rings is 1. The Hall–Kier alpha value is -3.24. The number of hydrogen-bond donors (Lipinski definition) is 2. The van der Waals surface area contributed by atoms with Gasteiger partial charge in [0.15, 0.2) is 6.61 Å². The zero-order chi connectivity index (χ0) is 20.6. The van der Waals surface area contributed by atoms with E-state index in [0.29, 0.717) is 22.0 Å². The van der Waals surface area contributed by atoms with Gasteiger partial charge >= 0.3 is 5.97 Å². The molecule has 2 aromatic heterocycles. The van der Waals surface area contributed by atoms with Crippen molar-refractivity contribution in [3.8, 4) is 5.69 Å². The van der Waals surface area contributed by atoms with E-state index in [2.05, 4.69) is 20.7 Å². The van der Waals surface area contributed by atoms with E-state index in [0.717, 1.165) is 0 Å². The number of hydrogen-bond acceptors (Lipinski definition) is 7. The SMILES string of the molecule is O=C(COC(=O)CCNC(=O)c1ccsc1)Nc1cc(Cl)ccc1-n1cncn1. The molecule has 29 heavy (non-hydrogen) atoms. The molecule has 9 nitrogen and oxygen atoms in total. The number of nitrogens with zero attached hydrogens (tertiary/aromatic N) is 3. The highest BCUT2D eigenvalue weighted by atomic mass is 35.5. The molecule has 0 radical (unpaired) electrons. The fourth-order valence-electron chi connectivity index (χ4n) is 2.32. The first-order valence-corrected chi connectivity index (χ1v) is 9.75. The van der Waals surface area contributed by atoms with Crippen LogP contribution in [0.2, 0.25) is 5.02 Å². The van der Waals surface area contributed by atoms with Crippen LogP contribution in [0.25, 0.3) is 5.69 Å². The van der Waals surface area contributed by atoms with Gasteiger partial charge in [-0.3, -0.25) is 14.4 Å². The van der Waals surface area contributed by atoms with Gasteiger partial charge in [0.2, 0.25) is 0 Å². The molecule has 3 rings (SSSR count). The summed E-state index contributed by atoms with van der Waals surface area (Å²) in [5, 5.41) is 13.2. The molecule has 0 bridgehead atoms. The Kier molecular flexibility index (Phi) is 6.93. The van der Waals surface area contributed by atoms with Crippen LogP contribution in [0.1, 0.15) is 16.8 Å². The summed E-state index contributed by atoms with van der Waals surface area (Å²) in [5.74, 6) is -1.41. The Balaban J connectivity index is 1.46. The van der Waals surface area contributed by atoms with E-state index >= 15 is 0 Å². The number of esters is 1. The summed E-state index contributed by atoms with van der Waals surface area (Å²) in [5.41, 5.74) is 1.49. The van der Waals surface area contributed by atoms with Gasteiger partial charge < -0.3 is 15.4 Å². The minimum absolute atomic E-state index is 0.0511. The summed E-state index contributed by atoms with van der Waals surface area (Å²) in [4.78, 5) is 39.6. The number of thiophene rings is 1. The highest BCUT2D eigenvalue weighted by Gasteiger charge is 2.13. The third kappa shape index (κ3) is 5.87. The van der Waals surface area contributed by atoms with Crippen molar-refractivity contribution in [3.63, 3.8) is 0 Å². The zero-order valence-corrected chi connectivity index (χ0v) is 16.6. The molecule has 0 aliphatic rings. The number of rotatable bonds is 8. The maximum absolute atomic E-state index is 12.1. The third-order valence-corrected chi connectivity index (χ3v) is 4.58. The van der Waals surface area contributed by atoms with Crippen LogP contribution >= 0.6 is 22.9 Å². The van der Waals surface area contributed by atoms with Gasteiger partial charge in [0.1, 0.15) is 12.7 Å². The Morgan fingerprint density at radius 2 is 2.10 bits per heavy atom. The minimum atomic E-state index is -0.603. The average molecular weight is 434 g/mol. The molecule has 0 unspecified atom stereocenters. The fraction of sp³-hybridized carbons (Fsp3) is 0.167. The van der Waals surface area contributed by atoms with Crippen molar-refractivity contribution in [2.75, 3.05) is 18.5 Å². The molecule has 0 saturated heterocycles. The molecule has 150 valence electrons. The maximum Gasteiger partial charge on any atom is 0.308 e. The lowest BCUT2D eigenvalue weighted by atomic mass is 10.2. The van der Waals surface area contributed by atoms with E-state index in [1.54, 1.807) is 35.0 Å². The highest BCUT2D eigenvalue weighted by molar-refractivity contribution is 7.08. The molecular formula is C18H16ClN5O4S. The number of amides is 2. The predicted molar refractivity (Wildman–Crippen MR) is 107 cm³/mol. The van der Waals surface area contributed by atoms with Crippen LogP contribution in [0.15, 0.2) is 47.7 Å². The number of aromatic nitrogens is 3. The molecule has 0 saturated carbocycles. The molecule has 2 heterocycles. The van der Waals surface area contributed by atoms with Crippen LogP contribution in [-0.2, 0) is 14.3 Å². The van der Waals surface area contributed by atoms with Crippen LogP contribution in [0.4, 0.5) is 5.69 Å². The maximum atomic E-state index is 12.1. The summed E-state index contributed by atoms with van der Waals surface area (Å²) in [6.07, 6.45) is 2.78. The molecule has 3 aromatic rings. The van der Waals surface area contributed by atoms with Crippen molar-refractivity contribution in [2.24, 2.45) is 0 Å². The monoisotopic (exact) mass is 433 g/mol. The molecule has 0 aliphatic carbocycles. The number of carbonyl (C=O) groups excluding carboxylic acids is 3. The Labute approximate surface area is 174 Å². The average Bonchev–Trinajstić information content (AvgIpc) is 3.40. The zero-order valence-electron chi connectivity index (χ0n) is 15.0. The second-order valence-electron chi connectivity index (χ2n) is 5.73. The topological polar surface area (TPSA) is 115 Å². The smallest absolute Gasteiger partial charge is 0.308 e. The fourth-order valence-corrected chi connectivity index (χ4v) is 3.13. The summed E-state index contributed by atoms with van der Waals surface area (Å²) in [7, 11) is 0. The Morgan fingerprint density at radius 3 is 2.83 bits per heavy atom. The van der Waals surface area contributed by atoms with Gasteiger partial charge in [0, 0.05) is 22.5 Å². The van der Waals surface area contributed by atoms with Crippen molar-refractivity contribution >= 4 is 46.4 Å². The lowest BCUT2D eigenvalue weighted by Gasteiger charge is -2.11. The van der Waals surface area contributed by atoms with E-state index in [1.165, 1.54) is 28.7 Å². The second-order valence-corrected chi connectivity index (χ2v) is 6.94. The van der Waals surface area contributed by atoms with E-state index in [4.69, 9.17) is 16.3 Å². The largest absolute Gasteiger partial charge is 0.456 e. The molecular weight excluding hydrogens is 418 g/mol. The summed E-state index contributed by atoms with van der Waals surface area (Å²) >= 11 is 7.40. The summed E-state index contributed by atoms with van der Waals surface area (Å²) in [6.45, 7) is -0.361. The molecule has 0 spiro atoms. The quantitative estimate of drug-likeness (QED) is 0.526. The Bertz CT molecular complexity index is 992. The molecule has 0 atom stereocenters.